The van der Waals surface area contributed by atoms with Crippen LogP contribution in [0.1, 0.15) is 25.7 Å². The monoisotopic (exact) mass is 139 g/mol. The third-order valence-corrected chi connectivity index (χ3v) is 1.35. The first-order valence-corrected chi connectivity index (χ1v) is 3.89. The smallest absolute Gasteiger partial charge is 0.00773 e. The number of hydrogen-bond acceptors (Lipinski definition) is 1. The molecule has 2 N–H and O–H groups in total. The molecule has 0 aromatic carbocycles. The van der Waals surface area contributed by atoms with Crippen molar-refractivity contribution in [3.63, 3.8) is 0 Å². The van der Waals surface area contributed by atoms with Gasteiger partial charge in [-0.1, -0.05) is 31.2 Å². The fourth-order valence-electron chi connectivity index (χ4n) is 0.776. The molecule has 58 valence electrons. The largest absolute Gasteiger partial charge is 0.330 e. The van der Waals surface area contributed by atoms with Crippen molar-refractivity contribution >= 4 is 0 Å². The van der Waals surface area contributed by atoms with Crippen molar-refractivity contribution in [3.8, 4) is 0 Å². The van der Waals surface area contributed by atoms with Crippen molar-refractivity contribution in [1.82, 2.24) is 0 Å². The minimum atomic E-state index is 0.825. The van der Waals surface area contributed by atoms with Gasteiger partial charge in [0, 0.05) is 0 Å². The fourth-order valence-corrected chi connectivity index (χ4v) is 0.776. The SMILES string of the molecule is C=C/C=C\CCCCCN. The molecule has 0 aromatic rings. The van der Waals surface area contributed by atoms with Gasteiger partial charge in [-0.3, -0.25) is 0 Å². The van der Waals surface area contributed by atoms with Gasteiger partial charge >= 0.3 is 0 Å². The molecule has 0 aliphatic carbocycles. The van der Waals surface area contributed by atoms with Gasteiger partial charge < -0.3 is 5.73 Å². The zero-order valence-corrected chi connectivity index (χ0v) is 6.55. The topological polar surface area (TPSA) is 26.0 Å². The Balaban J connectivity index is 2.90. The second-order valence-corrected chi connectivity index (χ2v) is 2.30. The van der Waals surface area contributed by atoms with E-state index in [4.69, 9.17) is 5.73 Å². The highest BCUT2D eigenvalue weighted by molar-refractivity contribution is 4.96. The summed E-state index contributed by atoms with van der Waals surface area (Å²) >= 11 is 0. The lowest BCUT2D eigenvalue weighted by molar-refractivity contribution is 0.695. The molecule has 0 radical (unpaired) electrons. The van der Waals surface area contributed by atoms with E-state index in [0.717, 1.165) is 19.4 Å². The van der Waals surface area contributed by atoms with Crippen LogP contribution in [-0.2, 0) is 0 Å². The molecule has 0 aliphatic heterocycles. The first-order chi connectivity index (χ1) is 4.91. The summed E-state index contributed by atoms with van der Waals surface area (Å²) in [6.07, 6.45) is 10.8. The standard InChI is InChI=1S/C9H17N/c1-2-3-4-5-6-7-8-9-10/h2-4H,1,5-10H2/b4-3-. The predicted octanol–water partition coefficient (Wildman–Crippen LogP) is 2.25. The molecule has 1 heteroatoms. The van der Waals surface area contributed by atoms with Gasteiger partial charge in [-0.05, 0) is 25.8 Å². The molecule has 0 saturated heterocycles. The van der Waals surface area contributed by atoms with Crippen LogP contribution >= 0.6 is 0 Å². The summed E-state index contributed by atoms with van der Waals surface area (Å²) < 4.78 is 0. The average Bonchev–Trinajstić information content (AvgIpc) is 1.97. The van der Waals surface area contributed by atoms with Crippen LogP contribution in [0, 0.1) is 0 Å². The molecule has 0 bridgehead atoms. The van der Waals surface area contributed by atoms with Crippen LogP contribution in [0.25, 0.3) is 0 Å². The molecule has 0 spiro atoms. The average molecular weight is 139 g/mol. The van der Waals surface area contributed by atoms with Gasteiger partial charge in [0.25, 0.3) is 0 Å². The second-order valence-electron chi connectivity index (χ2n) is 2.30. The Bertz CT molecular complexity index is 94.9. The summed E-state index contributed by atoms with van der Waals surface area (Å²) in [6, 6.07) is 0. The molecule has 0 saturated carbocycles. The van der Waals surface area contributed by atoms with Gasteiger partial charge in [0.05, 0.1) is 0 Å². The Labute approximate surface area is 63.6 Å². The van der Waals surface area contributed by atoms with Gasteiger partial charge in [0.1, 0.15) is 0 Å². The quantitative estimate of drug-likeness (QED) is 0.443. The Hall–Kier alpha value is -0.560. The first kappa shape index (κ1) is 9.44. The summed E-state index contributed by atoms with van der Waals surface area (Å²) in [5, 5.41) is 0. The fraction of sp³-hybridized carbons (Fsp3) is 0.556. The molecular formula is C9H17N. The van der Waals surface area contributed by atoms with Crippen molar-refractivity contribution < 1.29 is 0 Å². The van der Waals surface area contributed by atoms with Crippen LogP contribution in [0.3, 0.4) is 0 Å². The molecule has 0 atom stereocenters. The summed E-state index contributed by atoms with van der Waals surface area (Å²) in [7, 11) is 0. The minimum absolute atomic E-state index is 0.825. The zero-order valence-electron chi connectivity index (χ0n) is 6.55. The predicted molar refractivity (Wildman–Crippen MR) is 46.9 cm³/mol. The number of allylic oxidation sites excluding steroid dienone is 3. The molecule has 0 rings (SSSR count). The maximum atomic E-state index is 5.34. The number of rotatable bonds is 6. The lowest BCUT2D eigenvalue weighted by atomic mass is 10.2. The maximum Gasteiger partial charge on any atom is -0.00773 e. The van der Waals surface area contributed by atoms with Crippen molar-refractivity contribution in [2.45, 2.75) is 25.7 Å². The van der Waals surface area contributed by atoms with E-state index in [2.05, 4.69) is 12.7 Å². The van der Waals surface area contributed by atoms with Gasteiger partial charge in [0.15, 0.2) is 0 Å². The molecule has 10 heavy (non-hydrogen) atoms. The van der Waals surface area contributed by atoms with Crippen molar-refractivity contribution in [1.29, 1.82) is 0 Å². The van der Waals surface area contributed by atoms with E-state index >= 15 is 0 Å². The Morgan fingerprint density at radius 1 is 1.20 bits per heavy atom. The van der Waals surface area contributed by atoms with E-state index in [9.17, 15) is 0 Å². The Morgan fingerprint density at radius 2 is 2.00 bits per heavy atom. The highest BCUT2D eigenvalue weighted by atomic mass is 14.5. The van der Waals surface area contributed by atoms with E-state index in [-0.39, 0.29) is 0 Å². The van der Waals surface area contributed by atoms with Crippen LogP contribution in [0.15, 0.2) is 24.8 Å². The van der Waals surface area contributed by atoms with Gasteiger partial charge in [-0.2, -0.15) is 0 Å². The Morgan fingerprint density at radius 3 is 2.60 bits per heavy atom. The van der Waals surface area contributed by atoms with Crippen molar-refractivity contribution in [2.75, 3.05) is 6.54 Å². The van der Waals surface area contributed by atoms with E-state index in [1.54, 1.807) is 0 Å². The number of hydrogen-bond donors (Lipinski definition) is 1. The van der Waals surface area contributed by atoms with E-state index in [0.29, 0.717) is 0 Å². The van der Waals surface area contributed by atoms with E-state index in [1.807, 2.05) is 12.2 Å². The van der Waals surface area contributed by atoms with Crippen LogP contribution in [-0.4, -0.2) is 6.54 Å². The van der Waals surface area contributed by atoms with Crippen LogP contribution in [0.5, 0.6) is 0 Å². The summed E-state index contributed by atoms with van der Waals surface area (Å²) in [6.45, 7) is 4.41. The molecule has 0 amide bonds. The molecular weight excluding hydrogens is 122 g/mol. The highest BCUT2D eigenvalue weighted by Crippen LogP contribution is 1.98. The normalized spacial score (nSPS) is 10.5. The van der Waals surface area contributed by atoms with Crippen LogP contribution in [0.4, 0.5) is 0 Å². The van der Waals surface area contributed by atoms with Crippen LogP contribution < -0.4 is 5.73 Å². The molecule has 0 heterocycles. The van der Waals surface area contributed by atoms with Gasteiger partial charge in [0.2, 0.25) is 0 Å². The third-order valence-electron chi connectivity index (χ3n) is 1.35. The van der Waals surface area contributed by atoms with Crippen molar-refractivity contribution in [3.05, 3.63) is 24.8 Å². The minimum Gasteiger partial charge on any atom is -0.330 e. The first-order valence-electron chi connectivity index (χ1n) is 3.89. The Kier molecular flexibility index (Phi) is 7.97. The maximum absolute atomic E-state index is 5.34. The third kappa shape index (κ3) is 7.44. The van der Waals surface area contributed by atoms with Crippen molar-refractivity contribution in [2.24, 2.45) is 5.73 Å². The lowest BCUT2D eigenvalue weighted by Gasteiger charge is -1.92. The summed E-state index contributed by atoms with van der Waals surface area (Å²) in [4.78, 5) is 0. The van der Waals surface area contributed by atoms with Gasteiger partial charge in [-0.25, -0.2) is 0 Å². The zero-order chi connectivity index (χ0) is 7.66. The molecule has 0 aliphatic rings. The summed E-state index contributed by atoms with van der Waals surface area (Å²) in [5.41, 5.74) is 5.34. The van der Waals surface area contributed by atoms with Gasteiger partial charge in [-0.15, -0.1) is 0 Å². The highest BCUT2D eigenvalue weighted by Gasteiger charge is 1.82. The second kappa shape index (κ2) is 8.44. The van der Waals surface area contributed by atoms with E-state index in [1.165, 1.54) is 12.8 Å². The molecule has 0 fully saturated rings. The molecule has 0 unspecified atom stereocenters. The van der Waals surface area contributed by atoms with E-state index < -0.39 is 0 Å². The lowest BCUT2D eigenvalue weighted by Crippen LogP contribution is -1.97. The number of unbranched alkanes of at least 4 members (excludes halogenated alkanes) is 3. The molecule has 0 aromatic heterocycles. The summed E-state index contributed by atoms with van der Waals surface area (Å²) in [5.74, 6) is 0. The molecule has 1 nitrogen and oxygen atoms in total. The number of nitrogens with two attached hydrogens (primary N) is 1. The van der Waals surface area contributed by atoms with Crippen LogP contribution in [0.2, 0.25) is 0 Å².